The Hall–Kier alpha value is -4.17. The van der Waals surface area contributed by atoms with Crippen LogP contribution in [0, 0.1) is 6.92 Å². The second kappa shape index (κ2) is 9.32. The molecule has 8 nitrogen and oxygen atoms in total. The van der Waals surface area contributed by atoms with Crippen molar-refractivity contribution in [1.82, 2.24) is 14.8 Å². The topological polar surface area (TPSA) is 101 Å². The Kier molecular flexibility index (Phi) is 6.14. The quantitative estimate of drug-likeness (QED) is 0.370. The van der Waals surface area contributed by atoms with Crippen molar-refractivity contribution >= 4 is 40.6 Å². The maximum Gasteiger partial charge on any atom is 0.323 e. The summed E-state index contributed by atoms with van der Waals surface area (Å²) < 4.78 is 1.57. The number of carbonyl (C=O) groups is 2. The van der Waals surface area contributed by atoms with Crippen LogP contribution >= 0.6 is 11.6 Å². The first-order valence-electron chi connectivity index (χ1n) is 9.69. The molecule has 2 aromatic carbocycles. The summed E-state index contributed by atoms with van der Waals surface area (Å²) in [7, 11) is 0. The fourth-order valence-corrected chi connectivity index (χ4v) is 3.19. The van der Waals surface area contributed by atoms with Gasteiger partial charge in [0.05, 0.1) is 23.8 Å². The molecule has 0 fully saturated rings. The van der Waals surface area contributed by atoms with Crippen LogP contribution in [0.2, 0.25) is 5.15 Å². The molecule has 0 aliphatic rings. The van der Waals surface area contributed by atoms with Gasteiger partial charge in [0.25, 0.3) is 5.91 Å². The highest BCUT2D eigenvalue weighted by atomic mass is 35.5. The Bertz CT molecular complexity index is 1290. The van der Waals surface area contributed by atoms with Crippen LogP contribution in [0.3, 0.4) is 0 Å². The molecule has 0 radical (unpaired) electrons. The Labute approximate surface area is 189 Å². The van der Waals surface area contributed by atoms with Gasteiger partial charge in [-0.05, 0) is 55.0 Å². The van der Waals surface area contributed by atoms with Crippen molar-refractivity contribution < 1.29 is 9.59 Å². The molecular weight excluding hydrogens is 428 g/mol. The summed E-state index contributed by atoms with van der Waals surface area (Å²) in [6.45, 7) is 1.95. The average molecular weight is 447 g/mol. The summed E-state index contributed by atoms with van der Waals surface area (Å²) in [4.78, 5) is 28.7. The van der Waals surface area contributed by atoms with Crippen LogP contribution in [-0.2, 0) is 0 Å². The van der Waals surface area contributed by atoms with Crippen molar-refractivity contribution in [2.75, 3.05) is 16.0 Å². The summed E-state index contributed by atoms with van der Waals surface area (Å²) in [5, 5.41) is 12.9. The van der Waals surface area contributed by atoms with E-state index in [9.17, 15) is 9.59 Å². The molecule has 0 aliphatic carbocycles. The molecule has 0 saturated heterocycles. The van der Waals surface area contributed by atoms with Gasteiger partial charge in [0.1, 0.15) is 5.15 Å². The Morgan fingerprint density at radius 1 is 0.906 bits per heavy atom. The van der Waals surface area contributed by atoms with Crippen molar-refractivity contribution in [3.8, 4) is 5.69 Å². The smallest absolute Gasteiger partial charge is 0.322 e. The molecule has 0 atom stereocenters. The maximum atomic E-state index is 12.6. The minimum atomic E-state index is -0.376. The number of rotatable bonds is 5. The normalized spacial score (nSPS) is 10.4. The van der Waals surface area contributed by atoms with Gasteiger partial charge in [0.2, 0.25) is 0 Å². The van der Waals surface area contributed by atoms with E-state index in [0.717, 1.165) is 5.56 Å². The molecule has 2 heterocycles. The summed E-state index contributed by atoms with van der Waals surface area (Å²) in [6, 6.07) is 17.3. The van der Waals surface area contributed by atoms with Crippen LogP contribution in [0.15, 0.2) is 79.3 Å². The molecule has 4 rings (SSSR count). The van der Waals surface area contributed by atoms with E-state index >= 15 is 0 Å². The number of benzene rings is 2. The number of anilines is 3. The fraction of sp³-hybridized carbons (Fsp3) is 0.0435. The molecule has 3 N–H and O–H groups in total. The highest BCUT2D eigenvalue weighted by Crippen LogP contribution is 2.17. The number of urea groups is 1. The number of amides is 3. The van der Waals surface area contributed by atoms with E-state index in [1.165, 1.54) is 12.4 Å². The fourth-order valence-electron chi connectivity index (χ4n) is 3.02. The molecule has 0 spiro atoms. The van der Waals surface area contributed by atoms with E-state index in [1.807, 2.05) is 37.3 Å². The summed E-state index contributed by atoms with van der Waals surface area (Å²) >= 11 is 5.86. The van der Waals surface area contributed by atoms with E-state index in [4.69, 9.17) is 11.6 Å². The maximum absolute atomic E-state index is 12.6. The van der Waals surface area contributed by atoms with Crippen molar-refractivity contribution in [3.05, 3.63) is 95.5 Å². The molecule has 3 amide bonds. The van der Waals surface area contributed by atoms with Gasteiger partial charge in [-0.3, -0.25) is 4.79 Å². The van der Waals surface area contributed by atoms with Crippen LogP contribution in [0.5, 0.6) is 0 Å². The van der Waals surface area contributed by atoms with Gasteiger partial charge in [0, 0.05) is 23.1 Å². The van der Waals surface area contributed by atoms with E-state index < -0.39 is 0 Å². The van der Waals surface area contributed by atoms with E-state index in [1.54, 1.807) is 41.2 Å². The molecule has 0 aliphatic heterocycles. The number of carbonyl (C=O) groups excluding carboxylic acids is 2. The average Bonchev–Trinajstić information content (AvgIpc) is 3.22. The van der Waals surface area contributed by atoms with E-state index in [0.29, 0.717) is 33.5 Å². The molecule has 9 heteroatoms. The van der Waals surface area contributed by atoms with Crippen LogP contribution in [0.4, 0.5) is 21.9 Å². The first kappa shape index (κ1) is 21.1. The number of pyridine rings is 1. The molecule has 160 valence electrons. The predicted octanol–water partition coefficient (Wildman–Crippen LogP) is 5.13. The van der Waals surface area contributed by atoms with Gasteiger partial charge in [-0.2, -0.15) is 5.10 Å². The summed E-state index contributed by atoms with van der Waals surface area (Å²) in [5.74, 6) is -0.294. The number of aromatic nitrogens is 3. The van der Waals surface area contributed by atoms with Crippen molar-refractivity contribution in [2.24, 2.45) is 0 Å². The highest BCUT2D eigenvalue weighted by molar-refractivity contribution is 6.29. The van der Waals surface area contributed by atoms with Crippen molar-refractivity contribution in [2.45, 2.75) is 6.92 Å². The first-order chi connectivity index (χ1) is 15.5. The van der Waals surface area contributed by atoms with Crippen LogP contribution < -0.4 is 16.0 Å². The third-order valence-corrected chi connectivity index (χ3v) is 4.68. The largest absolute Gasteiger partial charge is 0.323 e. The first-order valence-corrected chi connectivity index (χ1v) is 10.1. The lowest BCUT2D eigenvalue weighted by molar-refractivity contribution is 0.102. The van der Waals surface area contributed by atoms with Gasteiger partial charge in [-0.15, -0.1) is 0 Å². The van der Waals surface area contributed by atoms with Crippen LogP contribution in [-0.4, -0.2) is 26.7 Å². The zero-order chi connectivity index (χ0) is 22.5. The van der Waals surface area contributed by atoms with E-state index in [-0.39, 0.29) is 11.9 Å². The number of aryl methyl sites for hydroxylation is 1. The number of halogens is 1. The third-order valence-electron chi connectivity index (χ3n) is 4.47. The number of hydrogen-bond acceptors (Lipinski definition) is 4. The lowest BCUT2D eigenvalue weighted by atomic mass is 10.2. The second-order valence-electron chi connectivity index (χ2n) is 6.99. The van der Waals surface area contributed by atoms with Crippen molar-refractivity contribution in [1.29, 1.82) is 0 Å². The van der Waals surface area contributed by atoms with E-state index in [2.05, 4.69) is 26.0 Å². The molecule has 2 aromatic heterocycles. The van der Waals surface area contributed by atoms with Gasteiger partial charge in [-0.25, -0.2) is 14.5 Å². The van der Waals surface area contributed by atoms with Gasteiger partial charge >= 0.3 is 6.03 Å². The molecule has 4 aromatic rings. The molecule has 32 heavy (non-hydrogen) atoms. The zero-order valence-corrected chi connectivity index (χ0v) is 17.8. The molecule has 0 unspecified atom stereocenters. The molecule has 0 bridgehead atoms. The minimum Gasteiger partial charge on any atom is -0.322 e. The van der Waals surface area contributed by atoms with Crippen LogP contribution in [0.1, 0.15) is 15.9 Å². The molecular formula is C23H19ClN6O2. The Morgan fingerprint density at radius 3 is 2.50 bits per heavy atom. The summed E-state index contributed by atoms with van der Waals surface area (Å²) in [6.07, 6.45) is 4.71. The minimum absolute atomic E-state index is 0.291. The Balaban J connectivity index is 1.43. The molecule has 0 saturated carbocycles. The van der Waals surface area contributed by atoms with Gasteiger partial charge < -0.3 is 16.0 Å². The zero-order valence-electron chi connectivity index (χ0n) is 17.0. The number of nitrogens with one attached hydrogen (secondary N) is 3. The predicted molar refractivity (Wildman–Crippen MR) is 125 cm³/mol. The van der Waals surface area contributed by atoms with Crippen molar-refractivity contribution in [3.63, 3.8) is 0 Å². The Morgan fingerprint density at radius 2 is 1.69 bits per heavy atom. The number of nitrogens with zero attached hydrogens (tertiary/aromatic N) is 3. The third kappa shape index (κ3) is 5.30. The van der Waals surface area contributed by atoms with Gasteiger partial charge in [0.15, 0.2) is 0 Å². The second-order valence-corrected chi connectivity index (χ2v) is 7.38. The lowest BCUT2D eigenvalue weighted by Gasteiger charge is -2.08. The van der Waals surface area contributed by atoms with Crippen LogP contribution in [0.25, 0.3) is 5.69 Å². The SMILES string of the molecule is Cc1cccc(NC(=O)Nc2cnn(-c3cccc(C(=O)Nc4ccnc(Cl)c4)c3)c2)c1. The lowest BCUT2D eigenvalue weighted by Crippen LogP contribution is -2.19. The highest BCUT2D eigenvalue weighted by Gasteiger charge is 2.10. The standard InChI is InChI=1S/C23H19ClN6O2/c1-15-4-2-6-17(10-15)28-23(32)29-19-13-26-30(14-19)20-7-3-5-16(11-20)22(31)27-18-8-9-25-21(24)12-18/h2-14H,1H3,(H,25,27,31)(H2,28,29,32). The summed E-state index contributed by atoms with van der Waals surface area (Å²) in [5.41, 5.74) is 3.91. The monoisotopic (exact) mass is 446 g/mol. The van der Waals surface area contributed by atoms with Gasteiger partial charge in [-0.1, -0.05) is 29.8 Å². The number of hydrogen-bond donors (Lipinski definition) is 3.